The molecule has 1 unspecified atom stereocenters. The van der Waals surface area contributed by atoms with Crippen molar-refractivity contribution < 1.29 is 25.2 Å². The van der Waals surface area contributed by atoms with Gasteiger partial charge in [0, 0.05) is 12.5 Å². The Labute approximate surface area is 115 Å². The second kappa shape index (κ2) is 5.63. The number of hydrogen-bond acceptors (Lipinski definition) is 5. The summed E-state index contributed by atoms with van der Waals surface area (Å²) in [7, 11) is 0. The van der Waals surface area contributed by atoms with Crippen LogP contribution >= 0.6 is 0 Å². The number of aliphatic hydroxyl groups excluding tert-OH is 1. The Morgan fingerprint density at radius 1 is 0.950 bits per heavy atom. The first-order valence-electron chi connectivity index (χ1n) is 5.99. The molecule has 20 heavy (non-hydrogen) atoms. The van der Waals surface area contributed by atoms with Gasteiger partial charge < -0.3 is 20.4 Å². The molecule has 0 spiro atoms. The van der Waals surface area contributed by atoms with Crippen molar-refractivity contribution in [2.75, 3.05) is 0 Å². The first-order valence-corrected chi connectivity index (χ1v) is 5.99. The Morgan fingerprint density at radius 2 is 1.55 bits per heavy atom. The molecule has 0 fully saturated rings. The second-order valence-corrected chi connectivity index (χ2v) is 4.45. The number of phenolic OH excluding ortho intramolecular Hbond substituents is 3. The van der Waals surface area contributed by atoms with Gasteiger partial charge in [0.05, 0.1) is 5.56 Å². The molecule has 0 saturated heterocycles. The Morgan fingerprint density at radius 3 is 2.15 bits per heavy atom. The third-order valence-corrected chi connectivity index (χ3v) is 2.91. The quantitative estimate of drug-likeness (QED) is 0.635. The van der Waals surface area contributed by atoms with Crippen molar-refractivity contribution in [3.8, 4) is 17.2 Å². The molecule has 2 aromatic rings. The van der Waals surface area contributed by atoms with Gasteiger partial charge in [-0.15, -0.1) is 0 Å². The second-order valence-electron chi connectivity index (χ2n) is 4.45. The van der Waals surface area contributed by atoms with Gasteiger partial charge in [0.1, 0.15) is 23.4 Å². The summed E-state index contributed by atoms with van der Waals surface area (Å²) in [6, 6.07) is 9.69. The molecule has 0 aromatic heterocycles. The molecule has 0 heterocycles. The third-order valence-electron chi connectivity index (χ3n) is 2.91. The SMILES string of the molecule is O=C(c1ccc(O)cc1O)C(O)Cc1ccc(O)cc1. The van der Waals surface area contributed by atoms with Gasteiger partial charge in [-0.2, -0.15) is 0 Å². The van der Waals surface area contributed by atoms with Crippen molar-refractivity contribution >= 4 is 5.78 Å². The predicted octanol–water partition coefficient (Wildman–Crippen LogP) is 1.59. The van der Waals surface area contributed by atoms with Crippen LogP contribution in [0.25, 0.3) is 0 Å². The van der Waals surface area contributed by atoms with Crippen LogP contribution in [0, 0.1) is 0 Å². The number of Topliss-reactive ketones (excluding diaryl/α,β-unsaturated/α-hetero) is 1. The highest BCUT2D eigenvalue weighted by molar-refractivity contribution is 6.01. The number of hydrogen-bond donors (Lipinski definition) is 4. The van der Waals surface area contributed by atoms with Gasteiger partial charge in [0.25, 0.3) is 0 Å². The molecular weight excluding hydrogens is 260 g/mol. The summed E-state index contributed by atoms with van der Waals surface area (Å²) in [5, 5.41) is 37.8. The zero-order valence-corrected chi connectivity index (χ0v) is 10.5. The minimum absolute atomic E-state index is 0.0471. The molecule has 0 aliphatic rings. The van der Waals surface area contributed by atoms with Crippen LogP contribution in [-0.4, -0.2) is 32.3 Å². The van der Waals surface area contributed by atoms with Crippen LogP contribution in [0.5, 0.6) is 17.2 Å². The first kappa shape index (κ1) is 13.9. The maximum Gasteiger partial charge on any atom is 0.195 e. The van der Waals surface area contributed by atoms with Crippen molar-refractivity contribution in [3.05, 3.63) is 53.6 Å². The monoisotopic (exact) mass is 274 g/mol. The number of carbonyl (C=O) groups is 1. The van der Waals surface area contributed by atoms with Gasteiger partial charge in [0.15, 0.2) is 5.78 Å². The summed E-state index contributed by atoms with van der Waals surface area (Å²) in [6.07, 6.45) is -1.24. The van der Waals surface area contributed by atoms with Crippen LogP contribution < -0.4 is 0 Å². The Kier molecular flexibility index (Phi) is 3.91. The van der Waals surface area contributed by atoms with Crippen molar-refractivity contribution in [1.29, 1.82) is 0 Å². The van der Waals surface area contributed by atoms with E-state index in [0.29, 0.717) is 5.56 Å². The molecule has 0 aliphatic heterocycles. The summed E-state index contributed by atoms with van der Waals surface area (Å²) < 4.78 is 0. The summed E-state index contributed by atoms with van der Waals surface area (Å²) in [5.41, 5.74) is 0.635. The highest BCUT2D eigenvalue weighted by atomic mass is 16.3. The first-order chi connectivity index (χ1) is 9.47. The van der Waals surface area contributed by atoms with E-state index in [2.05, 4.69) is 0 Å². The zero-order valence-electron chi connectivity index (χ0n) is 10.5. The average molecular weight is 274 g/mol. The van der Waals surface area contributed by atoms with E-state index < -0.39 is 11.9 Å². The lowest BCUT2D eigenvalue weighted by atomic mass is 9.99. The summed E-state index contributed by atoms with van der Waals surface area (Å²) in [5.74, 6) is -1.06. The standard InChI is InChI=1S/C15H14O5/c16-10-3-1-9(2-4-10)7-14(19)15(20)12-6-5-11(17)8-13(12)18/h1-6,8,14,16-19H,7H2. The average Bonchev–Trinajstić information content (AvgIpc) is 2.40. The van der Waals surface area contributed by atoms with Crippen LogP contribution in [0.2, 0.25) is 0 Å². The number of ketones is 1. The largest absolute Gasteiger partial charge is 0.508 e. The fourth-order valence-corrected chi connectivity index (χ4v) is 1.86. The highest BCUT2D eigenvalue weighted by Crippen LogP contribution is 2.24. The third kappa shape index (κ3) is 3.07. The summed E-state index contributed by atoms with van der Waals surface area (Å²) in [6.45, 7) is 0. The molecule has 2 aromatic carbocycles. The minimum Gasteiger partial charge on any atom is -0.508 e. The lowest BCUT2D eigenvalue weighted by Crippen LogP contribution is -2.23. The molecule has 5 heteroatoms. The number of benzene rings is 2. The number of carbonyl (C=O) groups excluding carboxylic acids is 1. The Hall–Kier alpha value is -2.53. The molecular formula is C15H14O5. The fraction of sp³-hybridized carbons (Fsp3) is 0.133. The zero-order chi connectivity index (χ0) is 14.7. The van der Waals surface area contributed by atoms with Crippen molar-refractivity contribution in [2.24, 2.45) is 0 Å². The van der Waals surface area contributed by atoms with Gasteiger partial charge in [-0.3, -0.25) is 4.79 Å². The Balaban J connectivity index is 2.14. The van der Waals surface area contributed by atoms with E-state index in [1.165, 1.54) is 24.3 Å². The number of phenols is 3. The molecule has 0 saturated carbocycles. The minimum atomic E-state index is -1.31. The molecule has 0 amide bonds. The van der Waals surface area contributed by atoms with E-state index in [1.807, 2.05) is 0 Å². The number of rotatable bonds is 4. The van der Waals surface area contributed by atoms with Gasteiger partial charge in [-0.05, 0) is 29.8 Å². The van der Waals surface area contributed by atoms with Crippen molar-refractivity contribution in [2.45, 2.75) is 12.5 Å². The summed E-state index contributed by atoms with van der Waals surface area (Å²) >= 11 is 0. The molecule has 0 aliphatic carbocycles. The molecule has 1 atom stereocenters. The molecule has 5 nitrogen and oxygen atoms in total. The van der Waals surface area contributed by atoms with Crippen LogP contribution in [-0.2, 0) is 6.42 Å². The topological polar surface area (TPSA) is 98.0 Å². The normalized spacial score (nSPS) is 12.1. The van der Waals surface area contributed by atoms with E-state index in [4.69, 9.17) is 10.2 Å². The van der Waals surface area contributed by atoms with Crippen LogP contribution in [0.15, 0.2) is 42.5 Å². The fourth-order valence-electron chi connectivity index (χ4n) is 1.86. The molecule has 4 N–H and O–H groups in total. The van der Waals surface area contributed by atoms with Crippen molar-refractivity contribution in [1.82, 2.24) is 0 Å². The lowest BCUT2D eigenvalue weighted by Gasteiger charge is -2.11. The number of aromatic hydroxyl groups is 3. The summed E-state index contributed by atoms with van der Waals surface area (Å²) in [4.78, 5) is 12.0. The van der Waals surface area contributed by atoms with Gasteiger partial charge in [-0.25, -0.2) is 0 Å². The predicted molar refractivity (Wildman–Crippen MR) is 71.9 cm³/mol. The maximum absolute atomic E-state index is 12.0. The van der Waals surface area contributed by atoms with Crippen molar-refractivity contribution in [3.63, 3.8) is 0 Å². The highest BCUT2D eigenvalue weighted by Gasteiger charge is 2.20. The van der Waals surface area contributed by atoms with Gasteiger partial charge >= 0.3 is 0 Å². The van der Waals surface area contributed by atoms with Crippen LogP contribution in [0.4, 0.5) is 0 Å². The van der Waals surface area contributed by atoms with E-state index >= 15 is 0 Å². The van der Waals surface area contributed by atoms with E-state index in [1.54, 1.807) is 12.1 Å². The van der Waals surface area contributed by atoms with E-state index in [0.717, 1.165) is 6.07 Å². The van der Waals surface area contributed by atoms with E-state index in [9.17, 15) is 15.0 Å². The molecule has 104 valence electrons. The maximum atomic E-state index is 12.0. The van der Waals surface area contributed by atoms with Crippen LogP contribution in [0.1, 0.15) is 15.9 Å². The number of aliphatic hydroxyl groups is 1. The van der Waals surface area contributed by atoms with Gasteiger partial charge in [0.2, 0.25) is 0 Å². The van der Waals surface area contributed by atoms with E-state index in [-0.39, 0.29) is 29.2 Å². The molecule has 2 rings (SSSR count). The van der Waals surface area contributed by atoms with Crippen LogP contribution in [0.3, 0.4) is 0 Å². The molecule has 0 bridgehead atoms. The lowest BCUT2D eigenvalue weighted by molar-refractivity contribution is 0.0745. The Bertz CT molecular complexity index is 619. The smallest absolute Gasteiger partial charge is 0.195 e. The van der Waals surface area contributed by atoms with Gasteiger partial charge in [-0.1, -0.05) is 12.1 Å². The molecule has 0 radical (unpaired) electrons.